The minimum absolute atomic E-state index is 0.0903. The molecular formula is C11H14N2O4. The number of carbonyl (C=O) groups excluding carboxylic acids is 1. The number of carbonyl (C=O) groups is 2. The number of carboxylic acid groups (broad SMARTS) is 1. The summed E-state index contributed by atoms with van der Waals surface area (Å²) in [5.74, 6) is -0.182. The van der Waals surface area contributed by atoms with Crippen molar-refractivity contribution in [2.45, 2.75) is 32.1 Å². The number of hydrogen-bond donors (Lipinski definition) is 2. The molecule has 1 aliphatic carbocycles. The Bertz CT molecular complexity index is 448. The molecule has 0 spiro atoms. The topological polar surface area (TPSA) is 92.4 Å². The number of amides is 1. The second kappa shape index (κ2) is 4.57. The molecule has 2 N–H and O–H groups in total. The van der Waals surface area contributed by atoms with Gasteiger partial charge in [-0.2, -0.15) is 0 Å². The second-order valence-corrected chi connectivity index (χ2v) is 4.14. The van der Waals surface area contributed by atoms with E-state index in [1.807, 2.05) is 0 Å². The molecule has 1 aromatic rings. The molecule has 92 valence electrons. The van der Waals surface area contributed by atoms with Gasteiger partial charge in [0.05, 0.1) is 12.1 Å². The molecule has 0 aliphatic heterocycles. The summed E-state index contributed by atoms with van der Waals surface area (Å²) in [6, 6.07) is 0. The molecule has 6 nitrogen and oxygen atoms in total. The van der Waals surface area contributed by atoms with Crippen molar-refractivity contribution >= 4 is 11.9 Å². The number of aromatic nitrogens is 1. The molecule has 0 aromatic carbocycles. The van der Waals surface area contributed by atoms with Crippen LogP contribution in [-0.4, -0.2) is 28.5 Å². The molecular weight excluding hydrogens is 224 g/mol. The summed E-state index contributed by atoms with van der Waals surface area (Å²) in [5, 5.41) is 10.9. The largest absolute Gasteiger partial charge is 0.481 e. The molecule has 0 saturated heterocycles. The van der Waals surface area contributed by atoms with Crippen LogP contribution < -0.4 is 5.32 Å². The van der Waals surface area contributed by atoms with Gasteiger partial charge >= 0.3 is 5.97 Å². The summed E-state index contributed by atoms with van der Waals surface area (Å²) in [6.45, 7) is 1.80. The third kappa shape index (κ3) is 2.83. The van der Waals surface area contributed by atoms with E-state index in [9.17, 15) is 9.59 Å². The average molecular weight is 238 g/mol. The van der Waals surface area contributed by atoms with E-state index in [1.54, 1.807) is 6.92 Å². The van der Waals surface area contributed by atoms with Crippen LogP contribution in [0.15, 0.2) is 4.42 Å². The first-order chi connectivity index (χ1) is 8.08. The number of aliphatic carboxylic acids is 1. The van der Waals surface area contributed by atoms with E-state index in [0.717, 1.165) is 12.8 Å². The van der Waals surface area contributed by atoms with Crippen LogP contribution in [0.5, 0.6) is 0 Å². The Hall–Kier alpha value is -1.85. The van der Waals surface area contributed by atoms with Crippen molar-refractivity contribution in [2.75, 3.05) is 6.54 Å². The summed E-state index contributed by atoms with van der Waals surface area (Å²) in [6.07, 6.45) is 2.01. The average Bonchev–Trinajstić information content (AvgIpc) is 3.02. The monoisotopic (exact) mass is 238 g/mol. The molecule has 0 radical (unpaired) electrons. The Morgan fingerprint density at radius 3 is 2.82 bits per heavy atom. The first kappa shape index (κ1) is 11.6. The van der Waals surface area contributed by atoms with Crippen LogP contribution in [0.4, 0.5) is 0 Å². The van der Waals surface area contributed by atoms with Gasteiger partial charge in [-0.05, 0) is 19.8 Å². The highest BCUT2D eigenvalue weighted by Gasteiger charge is 2.30. The smallest absolute Gasteiger partial charge is 0.305 e. The molecule has 0 unspecified atom stereocenters. The van der Waals surface area contributed by atoms with Crippen LogP contribution in [-0.2, 0) is 4.79 Å². The summed E-state index contributed by atoms with van der Waals surface area (Å²) < 4.78 is 5.39. The number of aryl methyl sites for hydroxylation is 1. The van der Waals surface area contributed by atoms with Crippen molar-refractivity contribution in [2.24, 2.45) is 0 Å². The van der Waals surface area contributed by atoms with Crippen molar-refractivity contribution in [3.8, 4) is 0 Å². The number of nitrogens with zero attached hydrogens (tertiary/aromatic N) is 1. The van der Waals surface area contributed by atoms with Gasteiger partial charge in [-0.3, -0.25) is 9.59 Å². The van der Waals surface area contributed by atoms with Crippen LogP contribution in [0.3, 0.4) is 0 Å². The Labute approximate surface area is 98.0 Å². The maximum absolute atomic E-state index is 11.7. The lowest BCUT2D eigenvalue weighted by atomic mass is 10.3. The van der Waals surface area contributed by atoms with Crippen LogP contribution >= 0.6 is 0 Å². The van der Waals surface area contributed by atoms with Crippen molar-refractivity contribution in [1.82, 2.24) is 10.3 Å². The van der Waals surface area contributed by atoms with Crippen LogP contribution in [0.25, 0.3) is 0 Å². The van der Waals surface area contributed by atoms with Gasteiger partial charge in [-0.25, -0.2) is 4.98 Å². The first-order valence-electron chi connectivity index (χ1n) is 5.55. The summed E-state index contributed by atoms with van der Waals surface area (Å²) in [5.41, 5.74) is 0.555. The SMILES string of the molecule is Cc1nc(C2CC2)oc1C(=O)NCCC(=O)O. The molecule has 1 heterocycles. The zero-order valence-electron chi connectivity index (χ0n) is 9.52. The lowest BCUT2D eigenvalue weighted by molar-refractivity contribution is -0.136. The Kier molecular flexibility index (Phi) is 3.12. The predicted octanol–water partition coefficient (Wildman–Crippen LogP) is 1.06. The Balaban J connectivity index is 1.95. The number of nitrogens with one attached hydrogen (secondary N) is 1. The van der Waals surface area contributed by atoms with Crippen molar-refractivity contribution in [3.05, 3.63) is 17.3 Å². The fraction of sp³-hybridized carbons (Fsp3) is 0.545. The predicted molar refractivity (Wildman–Crippen MR) is 57.8 cm³/mol. The van der Waals surface area contributed by atoms with E-state index in [-0.39, 0.29) is 18.7 Å². The fourth-order valence-corrected chi connectivity index (χ4v) is 1.50. The molecule has 1 fully saturated rings. The van der Waals surface area contributed by atoms with Gasteiger partial charge < -0.3 is 14.8 Å². The highest BCUT2D eigenvalue weighted by molar-refractivity contribution is 5.92. The third-order valence-electron chi connectivity index (χ3n) is 2.57. The molecule has 0 atom stereocenters. The lowest BCUT2D eigenvalue weighted by Crippen LogP contribution is -2.26. The Morgan fingerprint density at radius 2 is 2.24 bits per heavy atom. The standard InChI is InChI=1S/C11H14N2O4/c1-6-9(10(16)12-5-4-8(14)15)17-11(13-6)7-2-3-7/h7H,2-5H2,1H3,(H,12,16)(H,14,15). The maximum Gasteiger partial charge on any atom is 0.305 e. The van der Waals surface area contributed by atoms with Gasteiger partial charge in [-0.15, -0.1) is 0 Å². The molecule has 6 heteroatoms. The number of hydrogen-bond acceptors (Lipinski definition) is 4. The quantitative estimate of drug-likeness (QED) is 0.800. The number of carboxylic acids is 1. The zero-order chi connectivity index (χ0) is 12.4. The van der Waals surface area contributed by atoms with E-state index in [2.05, 4.69) is 10.3 Å². The normalized spacial score (nSPS) is 14.6. The van der Waals surface area contributed by atoms with Gasteiger partial charge in [-0.1, -0.05) is 0 Å². The molecule has 1 aliphatic rings. The van der Waals surface area contributed by atoms with Crippen molar-refractivity contribution in [3.63, 3.8) is 0 Å². The van der Waals surface area contributed by atoms with Crippen LogP contribution in [0.1, 0.15) is 47.3 Å². The minimum atomic E-state index is -0.946. The molecule has 1 aromatic heterocycles. The highest BCUT2D eigenvalue weighted by atomic mass is 16.4. The molecule has 0 bridgehead atoms. The van der Waals surface area contributed by atoms with E-state index < -0.39 is 11.9 Å². The van der Waals surface area contributed by atoms with E-state index in [0.29, 0.717) is 17.5 Å². The van der Waals surface area contributed by atoms with Gasteiger partial charge in [0.25, 0.3) is 5.91 Å². The molecule has 2 rings (SSSR count). The zero-order valence-corrected chi connectivity index (χ0v) is 9.52. The van der Waals surface area contributed by atoms with Gasteiger partial charge in [0.15, 0.2) is 5.89 Å². The van der Waals surface area contributed by atoms with E-state index in [1.165, 1.54) is 0 Å². The van der Waals surface area contributed by atoms with Gasteiger partial charge in [0, 0.05) is 12.5 Å². The van der Waals surface area contributed by atoms with E-state index in [4.69, 9.17) is 9.52 Å². The third-order valence-corrected chi connectivity index (χ3v) is 2.57. The minimum Gasteiger partial charge on any atom is -0.481 e. The lowest BCUT2D eigenvalue weighted by Gasteiger charge is -2.00. The first-order valence-corrected chi connectivity index (χ1v) is 5.55. The van der Waals surface area contributed by atoms with Crippen molar-refractivity contribution in [1.29, 1.82) is 0 Å². The Morgan fingerprint density at radius 1 is 1.53 bits per heavy atom. The number of oxazole rings is 1. The van der Waals surface area contributed by atoms with E-state index >= 15 is 0 Å². The molecule has 1 amide bonds. The highest BCUT2D eigenvalue weighted by Crippen LogP contribution is 2.39. The second-order valence-electron chi connectivity index (χ2n) is 4.14. The fourth-order valence-electron chi connectivity index (χ4n) is 1.50. The van der Waals surface area contributed by atoms with Crippen LogP contribution in [0, 0.1) is 6.92 Å². The van der Waals surface area contributed by atoms with Crippen LogP contribution in [0.2, 0.25) is 0 Å². The summed E-state index contributed by atoms with van der Waals surface area (Å²) >= 11 is 0. The number of rotatable bonds is 5. The molecule has 17 heavy (non-hydrogen) atoms. The van der Waals surface area contributed by atoms with Gasteiger partial charge in [0.2, 0.25) is 5.76 Å². The summed E-state index contributed by atoms with van der Waals surface area (Å²) in [4.78, 5) is 26.2. The van der Waals surface area contributed by atoms with Crippen molar-refractivity contribution < 1.29 is 19.1 Å². The summed E-state index contributed by atoms with van der Waals surface area (Å²) in [7, 11) is 0. The maximum atomic E-state index is 11.7. The van der Waals surface area contributed by atoms with Gasteiger partial charge in [0.1, 0.15) is 0 Å². The molecule has 1 saturated carbocycles.